The van der Waals surface area contributed by atoms with E-state index in [9.17, 15) is 4.79 Å². The van der Waals surface area contributed by atoms with Crippen molar-refractivity contribution in [2.24, 2.45) is 18.9 Å². The highest BCUT2D eigenvalue weighted by Gasteiger charge is 2.27. The van der Waals surface area contributed by atoms with Gasteiger partial charge in [-0.05, 0) is 37.7 Å². The number of nitrogens with one attached hydrogen (secondary N) is 1. The van der Waals surface area contributed by atoms with E-state index >= 15 is 0 Å². The Hall–Kier alpha value is -1.03. The summed E-state index contributed by atoms with van der Waals surface area (Å²) in [4.78, 5) is 12.0. The minimum Gasteiger partial charge on any atom is -0.350 e. The van der Waals surface area contributed by atoms with Crippen molar-refractivity contribution < 1.29 is 4.79 Å². The molecule has 1 amide bonds. The first kappa shape index (κ1) is 13.4. The molecule has 1 aromatic heterocycles. The van der Waals surface area contributed by atoms with Gasteiger partial charge in [-0.15, -0.1) is 11.6 Å². The minimum atomic E-state index is -0.0432. The second kappa shape index (κ2) is 5.74. The maximum atomic E-state index is 12.0. The fourth-order valence-electron chi connectivity index (χ4n) is 2.72. The molecule has 0 bridgehead atoms. The van der Waals surface area contributed by atoms with Crippen molar-refractivity contribution in [3.05, 3.63) is 17.5 Å². The van der Waals surface area contributed by atoms with Gasteiger partial charge in [0.1, 0.15) is 5.69 Å². The predicted molar refractivity (Wildman–Crippen MR) is 71.8 cm³/mol. The fourth-order valence-corrected chi connectivity index (χ4v) is 3.13. The quantitative estimate of drug-likeness (QED) is 0.851. The van der Waals surface area contributed by atoms with Gasteiger partial charge in [-0.2, -0.15) is 5.10 Å². The summed E-state index contributed by atoms with van der Waals surface area (Å²) in [6.07, 6.45) is 3.58. The Balaban J connectivity index is 1.90. The molecule has 1 N–H and O–H groups in total. The van der Waals surface area contributed by atoms with Crippen LogP contribution < -0.4 is 5.32 Å². The molecule has 18 heavy (non-hydrogen) atoms. The van der Waals surface area contributed by atoms with Crippen LogP contribution in [0.15, 0.2) is 6.07 Å². The number of halogens is 1. The molecule has 0 radical (unpaired) electrons. The first-order valence-electron chi connectivity index (χ1n) is 6.46. The Kier molecular flexibility index (Phi) is 4.27. The van der Waals surface area contributed by atoms with Crippen molar-refractivity contribution in [3.63, 3.8) is 0 Å². The molecule has 0 aliphatic heterocycles. The van der Waals surface area contributed by atoms with E-state index in [4.69, 9.17) is 11.6 Å². The van der Waals surface area contributed by atoms with Crippen LogP contribution in [0.25, 0.3) is 0 Å². The molecule has 1 fully saturated rings. The molecule has 0 aromatic carbocycles. The first-order valence-corrected chi connectivity index (χ1v) is 7.00. The molecule has 5 heteroatoms. The summed E-state index contributed by atoms with van der Waals surface area (Å²) in [5.74, 6) is 1.74. The second-order valence-corrected chi connectivity index (χ2v) is 5.42. The lowest BCUT2D eigenvalue weighted by molar-refractivity contribution is 0.0935. The zero-order valence-corrected chi connectivity index (χ0v) is 11.7. The molecule has 0 spiro atoms. The number of aryl methyl sites for hydroxylation is 2. The van der Waals surface area contributed by atoms with Gasteiger partial charge in [0.05, 0.1) is 5.69 Å². The molecule has 1 aliphatic rings. The Labute approximate surface area is 113 Å². The van der Waals surface area contributed by atoms with E-state index in [1.807, 2.05) is 13.0 Å². The van der Waals surface area contributed by atoms with Gasteiger partial charge in [0, 0.05) is 19.5 Å². The van der Waals surface area contributed by atoms with Crippen molar-refractivity contribution >= 4 is 17.5 Å². The minimum absolute atomic E-state index is 0.0432. The van der Waals surface area contributed by atoms with Gasteiger partial charge in [0.15, 0.2) is 0 Å². The standard InChI is InChI=1S/C13H20ClN3O/c1-9-6-12(17(2)16-9)13(18)15-8-11-5-3-4-10(11)7-14/h6,10-11H,3-5,7-8H2,1-2H3,(H,15,18). The average Bonchev–Trinajstić information content (AvgIpc) is 2.92. The van der Waals surface area contributed by atoms with Gasteiger partial charge in [-0.3, -0.25) is 9.48 Å². The number of rotatable bonds is 4. The lowest BCUT2D eigenvalue weighted by Gasteiger charge is -2.17. The van der Waals surface area contributed by atoms with E-state index in [1.54, 1.807) is 11.7 Å². The molecule has 4 nitrogen and oxygen atoms in total. The summed E-state index contributed by atoms with van der Waals surface area (Å²) in [5.41, 5.74) is 1.48. The van der Waals surface area contributed by atoms with Gasteiger partial charge in [0.25, 0.3) is 5.91 Å². The van der Waals surface area contributed by atoms with Crippen LogP contribution in [-0.4, -0.2) is 28.1 Å². The van der Waals surface area contributed by atoms with Gasteiger partial charge in [-0.1, -0.05) is 6.42 Å². The average molecular weight is 270 g/mol. The van der Waals surface area contributed by atoms with Crippen LogP contribution in [0.4, 0.5) is 0 Å². The largest absolute Gasteiger partial charge is 0.350 e. The number of nitrogens with zero attached hydrogens (tertiary/aromatic N) is 2. The molecule has 2 rings (SSSR count). The summed E-state index contributed by atoms with van der Waals surface area (Å²) in [5, 5.41) is 7.18. The van der Waals surface area contributed by atoms with E-state index in [0.717, 1.165) is 12.2 Å². The smallest absolute Gasteiger partial charge is 0.269 e. The van der Waals surface area contributed by atoms with Crippen LogP contribution in [0.5, 0.6) is 0 Å². The molecule has 1 saturated carbocycles. The van der Waals surface area contributed by atoms with Crippen molar-refractivity contribution in [2.75, 3.05) is 12.4 Å². The molecule has 100 valence electrons. The number of aromatic nitrogens is 2. The van der Waals surface area contributed by atoms with E-state index < -0.39 is 0 Å². The summed E-state index contributed by atoms with van der Waals surface area (Å²) in [6.45, 7) is 2.61. The lowest BCUT2D eigenvalue weighted by atomic mass is 9.98. The lowest BCUT2D eigenvalue weighted by Crippen LogP contribution is -2.32. The van der Waals surface area contributed by atoms with Crippen LogP contribution in [-0.2, 0) is 7.05 Å². The third-order valence-electron chi connectivity index (χ3n) is 3.77. The number of alkyl halides is 1. The van der Waals surface area contributed by atoms with Gasteiger partial charge >= 0.3 is 0 Å². The zero-order chi connectivity index (χ0) is 13.1. The number of amides is 1. The Morgan fingerprint density at radius 1 is 1.56 bits per heavy atom. The van der Waals surface area contributed by atoms with E-state index in [0.29, 0.717) is 23.4 Å². The van der Waals surface area contributed by atoms with Crippen molar-refractivity contribution in [3.8, 4) is 0 Å². The third kappa shape index (κ3) is 2.86. The van der Waals surface area contributed by atoms with Gasteiger partial charge < -0.3 is 5.32 Å². The summed E-state index contributed by atoms with van der Waals surface area (Å²) in [6, 6.07) is 1.81. The number of carbonyl (C=O) groups is 1. The summed E-state index contributed by atoms with van der Waals surface area (Å²) in [7, 11) is 1.79. The monoisotopic (exact) mass is 269 g/mol. The molecular weight excluding hydrogens is 250 g/mol. The Morgan fingerprint density at radius 3 is 2.89 bits per heavy atom. The van der Waals surface area contributed by atoms with Crippen LogP contribution in [0.1, 0.15) is 35.4 Å². The van der Waals surface area contributed by atoms with E-state index in [-0.39, 0.29) is 5.91 Å². The number of carbonyl (C=O) groups excluding carboxylic acids is 1. The van der Waals surface area contributed by atoms with Crippen molar-refractivity contribution in [1.29, 1.82) is 0 Å². The molecule has 2 unspecified atom stereocenters. The van der Waals surface area contributed by atoms with Gasteiger partial charge in [-0.25, -0.2) is 0 Å². The van der Waals surface area contributed by atoms with Crippen LogP contribution in [0, 0.1) is 18.8 Å². The maximum absolute atomic E-state index is 12.0. The molecule has 2 atom stereocenters. The highest BCUT2D eigenvalue weighted by atomic mass is 35.5. The Bertz CT molecular complexity index is 430. The number of hydrogen-bond acceptors (Lipinski definition) is 2. The Morgan fingerprint density at radius 2 is 2.28 bits per heavy atom. The molecular formula is C13H20ClN3O. The van der Waals surface area contributed by atoms with Crippen LogP contribution >= 0.6 is 11.6 Å². The second-order valence-electron chi connectivity index (χ2n) is 5.11. The predicted octanol–water partition coefficient (Wildman–Crippen LogP) is 2.11. The summed E-state index contributed by atoms with van der Waals surface area (Å²) < 4.78 is 1.62. The SMILES string of the molecule is Cc1cc(C(=O)NCC2CCCC2CCl)n(C)n1. The first-order chi connectivity index (χ1) is 8.61. The van der Waals surface area contributed by atoms with Crippen molar-refractivity contribution in [1.82, 2.24) is 15.1 Å². The van der Waals surface area contributed by atoms with Gasteiger partial charge in [0.2, 0.25) is 0 Å². The highest BCUT2D eigenvalue weighted by molar-refractivity contribution is 6.18. The van der Waals surface area contributed by atoms with E-state index in [2.05, 4.69) is 10.4 Å². The highest BCUT2D eigenvalue weighted by Crippen LogP contribution is 2.31. The molecule has 1 aliphatic carbocycles. The zero-order valence-electron chi connectivity index (χ0n) is 10.9. The van der Waals surface area contributed by atoms with Crippen LogP contribution in [0.2, 0.25) is 0 Å². The fraction of sp³-hybridized carbons (Fsp3) is 0.692. The topological polar surface area (TPSA) is 46.9 Å². The van der Waals surface area contributed by atoms with E-state index in [1.165, 1.54) is 19.3 Å². The molecule has 0 saturated heterocycles. The van der Waals surface area contributed by atoms with Crippen LogP contribution in [0.3, 0.4) is 0 Å². The van der Waals surface area contributed by atoms with Crippen molar-refractivity contribution in [2.45, 2.75) is 26.2 Å². The normalized spacial score (nSPS) is 23.3. The third-order valence-corrected chi connectivity index (χ3v) is 4.17. The number of hydrogen-bond donors (Lipinski definition) is 1. The molecule has 1 aromatic rings. The maximum Gasteiger partial charge on any atom is 0.269 e. The summed E-state index contributed by atoms with van der Waals surface area (Å²) >= 11 is 5.94. The molecule has 1 heterocycles.